The summed E-state index contributed by atoms with van der Waals surface area (Å²) in [5.74, 6) is 1.67. The van der Waals surface area contributed by atoms with Crippen molar-refractivity contribution in [3.8, 4) is 11.6 Å². The van der Waals surface area contributed by atoms with Gasteiger partial charge in [0.15, 0.2) is 5.96 Å². The molecule has 3 aromatic rings. The van der Waals surface area contributed by atoms with E-state index in [0.717, 1.165) is 17.1 Å². The zero-order valence-corrected chi connectivity index (χ0v) is 14.3. The van der Waals surface area contributed by atoms with Gasteiger partial charge in [0.25, 0.3) is 0 Å². The van der Waals surface area contributed by atoms with Crippen LogP contribution in [-0.2, 0) is 6.54 Å². The summed E-state index contributed by atoms with van der Waals surface area (Å²) >= 11 is 6.09. The van der Waals surface area contributed by atoms with E-state index in [1.807, 2.05) is 29.0 Å². The van der Waals surface area contributed by atoms with Crippen molar-refractivity contribution >= 4 is 23.2 Å². The van der Waals surface area contributed by atoms with Crippen molar-refractivity contribution in [2.45, 2.75) is 6.54 Å². The van der Waals surface area contributed by atoms with Crippen LogP contribution in [-0.4, -0.2) is 27.6 Å². The molecule has 8 heteroatoms. The van der Waals surface area contributed by atoms with E-state index >= 15 is 0 Å². The Balaban J connectivity index is 1.67. The minimum atomic E-state index is 0.294. The fourth-order valence-corrected chi connectivity index (χ4v) is 2.46. The number of aliphatic imine (C=N–C) groups is 1. The summed E-state index contributed by atoms with van der Waals surface area (Å²) < 4.78 is 6.95. The molecule has 3 N–H and O–H groups in total. The Morgan fingerprint density at radius 2 is 2.20 bits per heavy atom. The number of guanidine groups is 1. The van der Waals surface area contributed by atoms with Crippen molar-refractivity contribution in [2.75, 3.05) is 12.4 Å². The van der Waals surface area contributed by atoms with Crippen LogP contribution in [0.5, 0.6) is 5.75 Å². The van der Waals surface area contributed by atoms with Crippen molar-refractivity contribution < 1.29 is 4.74 Å². The van der Waals surface area contributed by atoms with Gasteiger partial charge in [0.2, 0.25) is 0 Å². The lowest BCUT2D eigenvalue weighted by Crippen LogP contribution is -2.22. The second-order valence-electron chi connectivity index (χ2n) is 5.17. The molecular weight excluding hydrogens is 340 g/mol. The van der Waals surface area contributed by atoms with Gasteiger partial charge in [-0.05, 0) is 35.9 Å². The van der Waals surface area contributed by atoms with Crippen molar-refractivity contribution in [3.05, 3.63) is 65.8 Å². The number of nitrogens with two attached hydrogens (primary N) is 1. The van der Waals surface area contributed by atoms with Gasteiger partial charge >= 0.3 is 0 Å². The highest BCUT2D eigenvalue weighted by Crippen LogP contribution is 2.27. The van der Waals surface area contributed by atoms with E-state index in [1.54, 1.807) is 38.0 Å². The number of hydrogen-bond donors (Lipinski definition) is 2. The maximum absolute atomic E-state index is 6.09. The van der Waals surface area contributed by atoms with E-state index in [9.17, 15) is 0 Å². The Morgan fingerprint density at radius 3 is 2.92 bits per heavy atom. The molecule has 0 aliphatic rings. The molecule has 2 heterocycles. The molecule has 0 aliphatic carbocycles. The summed E-state index contributed by atoms with van der Waals surface area (Å²) in [5, 5.41) is 3.50. The SMILES string of the molecule is COc1ccc(NC(N)=NCc2ccnc(-n3ccnc3)c2)cc1Cl. The molecule has 3 rings (SSSR count). The zero-order valence-electron chi connectivity index (χ0n) is 13.6. The first-order valence-electron chi connectivity index (χ1n) is 7.49. The highest BCUT2D eigenvalue weighted by molar-refractivity contribution is 6.32. The quantitative estimate of drug-likeness (QED) is 0.542. The Labute approximate surface area is 150 Å². The number of benzene rings is 1. The number of rotatable bonds is 5. The average Bonchev–Trinajstić information content (AvgIpc) is 3.15. The summed E-state index contributed by atoms with van der Waals surface area (Å²) in [7, 11) is 1.57. The summed E-state index contributed by atoms with van der Waals surface area (Å²) in [5.41, 5.74) is 7.66. The molecule has 2 aromatic heterocycles. The fraction of sp³-hybridized carbons (Fsp3) is 0.118. The average molecular weight is 357 g/mol. The first-order chi connectivity index (χ1) is 12.2. The molecule has 1 aromatic carbocycles. The molecule has 7 nitrogen and oxygen atoms in total. The number of aromatic nitrogens is 3. The maximum atomic E-state index is 6.09. The lowest BCUT2D eigenvalue weighted by Gasteiger charge is -2.08. The van der Waals surface area contributed by atoms with Gasteiger partial charge in [0.1, 0.15) is 17.9 Å². The molecule has 0 aliphatic heterocycles. The summed E-state index contributed by atoms with van der Waals surface area (Å²) in [6, 6.07) is 9.13. The number of pyridine rings is 1. The van der Waals surface area contributed by atoms with Crippen LogP contribution in [0.15, 0.2) is 60.2 Å². The van der Waals surface area contributed by atoms with E-state index < -0.39 is 0 Å². The maximum Gasteiger partial charge on any atom is 0.193 e. The first-order valence-corrected chi connectivity index (χ1v) is 7.87. The van der Waals surface area contributed by atoms with Crippen LogP contribution >= 0.6 is 11.6 Å². The molecule has 0 unspecified atom stereocenters. The third-order valence-electron chi connectivity index (χ3n) is 3.44. The van der Waals surface area contributed by atoms with Crippen molar-refractivity contribution in [1.29, 1.82) is 0 Å². The topological polar surface area (TPSA) is 90.4 Å². The third-order valence-corrected chi connectivity index (χ3v) is 3.73. The molecular formula is C17H17ClN6O. The predicted molar refractivity (Wildman–Crippen MR) is 98.3 cm³/mol. The molecule has 0 saturated carbocycles. The van der Waals surface area contributed by atoms with Gasteiger partial charge in [-0.2, -0.15) is 0 Å². The molecule has 25 heavy (non-hydrogen) atoms. The Bertz CT molecular complexity index is 879. The van der Waals surface area contributed by atoms with Crippen molar-refractivity contribution in [2.24, 2.45) is 10.7 Å². The summed E-state index contributed by atoms with van der Waals surface area (Å²) in [6.07, 6.45) is 6.96. The Kier molecular flexibility index (Phi) is 5.15. The van der Waals surface area contributed by atoms with Crippen LogP contribution < -0.4 is 15.8 Å². The van der Waals surface area contributed by atoms with Gasteiger partial charge in [-0.3, -0.25) is 4.57 Å². The second-order valence-corrected chi connectivity index (χ2v) is 5.58. The van der Waals surface area contributed by atoms with Crippen LogP contribution in [0.3, 0.4) is 0 Å². The molecule has 0 saturated heterocycles. The van der Waals surface area contributed by atoms with Crippen LogP contribution in [0.1, 0.15) is 5.56 Å². The smallest absolute Gasteiger partial charge is 0.193 e. The number of nitrogens with one attached hydrogen (secondary N) is 1. The van der Waals surface area contributed by atoms with Crippen LogP contribution in [0.4, 0.5) is 5.69 Å². The molecule has 0 radical (unpaired) electrons. The standard InChI is InChI=1S/C17H17ClN6O/c1-25-15-3-2-13(9-14(15)18)23-17(19)22-10-12-4-5-21-16(8-12)24-7-6-20-11-24/h2-9,11H,10H2,1H3,(H3,19,22,23). The van der Waals surface area contributed by atoms with Crippen molar-refractivity contribution in [1.82, 2.24) is 14.5 Å². The number of nitrogens with zero attached hydrogens (tertiary/aromatic N) is 4. The number of hydrogen-bond acceptors (Lipinski definition) is 4. The second kappa shape index (κ2) is 7.67. The van der Waals surface area contributed by atoms with Gasteiger partial charge in [0.05, 0.1) is 18.7 Å². The van der Waals surface area contributed by atoms with Gasteiger partial charge in [0, 0.05) is 24.3 Å². The van der Waals surface area contributed by atoms with E-state index in [1.165, 1.54) is 0 Å². The summed E-state index contributed by atoms with van der Waals surface area (Å²) in [6.45, 7) is 0.424. The van der Waals surface area contributed by atoms with E-state index in [4.69, 9.17) is 22.1 Å². The summed E-state index contributed by atoms with van der Waals surface area (Å²) in [4.78, 5) is 12.7. The largest absolute Gasteiger partial charge is 0.495 e. The van der Waals surface area contributed by atoms with Gasteiger partial charge in [-0.1, -0.05) is 11.6 Å². The molecule has 0 fully saturated rings. The number of halogens is 1. The third kappa shape index (κ3) is 4.27. The van der Waals surface area contributed by atoms with Gasteiger partial charge in [-0.15, -0.1) is 0 Å². The number of anilines is 1. The lowest BCUT2D eigenvalue weighted by molar-refractivity contribution is 0.415. The number of imidazole rings is 1. The highest BCUT2D eigenvalue weighted by Gasteiger charge is 2.03. The monoisotopic (exact) mass is 356 g/mol. The van der Waals surface area contributed by atoms with Gasteiger partial charge in [-0.25, -0.2) is 15.0 Å². The first kappa shape index (κ1) is 16.8. The van der Waals surface area contributed by atoms with Crippen molar-refractivity contribution in [3.63, 3.8) is 0 Å². The van der Waals surface area contributed by atoms with Gasteiger partial charge < -0.3 is 15.8 Å². The van der Waals surface area contributed by atoms with Crippen LogP contribution in [0.2, 0.25) is 5.02 Å². The molecule has 0 atom stereocenters. The van der Waals surface area contributed by atoms with E-state index in [0.29, 0.717) is 23.3 Å². The van der Waals surface area contributed by atoms with E-state index in [-0.39, 0.29) is 0 Å². The molecule has 0 spiro atoms. The Morgan fingerprint density at radius 1 is 1.32 bits per heavy atom. The minimum absolute atomic E-state index is 0.294. The number of ether oxygens (including phenoxy) is 1. The number of methoxy groups -OCH3 is 1. The minimum Gasteiger partial charge on any atom is -0.495 e. The van der Waals surface area contributed by atoms with Crippen LogP contribution in [0, 0.1) is 0 Å². The predicted octanol–water partition coefficient (Wildman–Crippen LogP) is 2.86. The van der Waals surface area contributed by atoms with Crippen LogP contribution in [0.25, 0.3) is 5.82 Å². The molecule has 0 bridgehead atoms. The fourth-order valence-electron chi connectivity index (χ4n) is 2.20. The normalized spacial score (nSPS) is 11.4. The lowest BCUT2D eigenvalue weighted by atomic mass is 10.2. The Hall–Kier alpha value is -3.06. The van der Waals surface area contributed by atoms with E-state index in [2.05, 4.69) is 20.3 Å². The molecule has 0 amide bonds. The molecule has 128 valence electrons. The zero-order chi connectivity index (χ0) is 17.6. The highest BCUT2D eigenvalue weighted by atomic mass is 35.5.